The average Bonchev–Trinajstić information content (AvgIpc) is 2.39. The van der Waals surface area contributed by atoms with Gasteiger partial charge in [0.15, 0.2) is 0 Å². The number of rotatable bonds is 1. The monoisotopic (exact) mass is 210 g/mol. The molecule has 0 amide bonds. The zero-order valence-electron chi connectivity index (χ0n) is 8.63. The first-order valence-electron chi connectivity index (χ1n) is 5.11. The number of pyridine rings is 2. The molecule has 0 fully saturated rings. The van der Waals surface area contributed by atoms with Gasteiger partial charge < -0.3 is 4.74 Å². The van der Waals surface area contributed by atoms with Crippen molar-refractivity contribution in [1.29, 1.82) is 0 Å². The SMILES string of the molecule is C1=Cc2c(ccnc2-c2ccncc2)CO1. The first-order chi connectivity index (χ1) is 7.95. The second-order valence-corrected chi connectivity index (χ2v) is 3.58. The Morgan fingerprint density at radius 1 is 1.06 bits per heavy atom. The predicted octanol–water partition coefficient (Wildman–Crippen LogP) is 2.64. The van der Waals surface area contributed by atoms with Crippen LogP contribution in [-0.2, 0) is 11.3 Å². The molecule has 3 rings (SSSR count). The highest BCUT2D eigenvalue weighted by Crippen LogP contribution is 2.27. The summed E-state index contributed by atoms with van der Waals surface area (Å²) in [6, 6.07) is 5.92. The summed E-state index contributed by atoms with van der Waals surface area (Å²) in [7, 11) is 0. The number of hydrogen-bond acceptors (Lipinski definition) is 3. The van der Waals surface area contributed by atoms with Crippen LogP contribution in [0.4, 0.5) is 0 Å². The molecule has 0 atom stereocenters. The number of nitrogens with zero attached hydrogens (tertiary/aromatic N) is 2. The van der Waals surface area contributed by atoms with E-state index in [9.17, 15) is 0 Å². The molecular weight excluding hydrogens is 200 g/mol. The molecule has 2 aromatic rings. The van der Waals surface area contributed by atoms with Gasteiger partial charge in [0.05, 0.1) is 12.0 Å². The Hall–Kier alpha value is -2.16. The van der Waals surface area contributed by atoms with E-state index in [2.05, 4.69) is 9.97 Å². The van der Waals surface area contributed by atoms with E-state index in [-0.39, 0.29) is 0 Å². The van der Waals surface area contributed by atoms with Crippen LogP contribution in [0.15, 0.2) is 43.1 Å². The van der Waals surface area contributed by atoms with Crippen molar-refractivity contribution in [2.24, 2.45) is 0 Å². The molecule has 0 bridgehead atoms. The van der Waals surface area contributed by atoms with Crippen molar-refractivity contribution >= 4 is 6.08 Å². The lowest BCUT2D eigenvalue weighted by Gasteiger charge is -2.14. The van der Waals surface area contributed by atoms with Crippen molar-refractivity contribution < 1.29 is 4.74 Å². The van der Waals surface area contributed by atoms with E-state index >= 15 is 0 Å². The fraction of sp³-hybridized carbons (Fsp3) is 0.0769. The first kappa shape index (κ1) is 9.09. The van der Waals surface area contributed by atoms with Gasteiger partial charge in [-0.2, -0.15) is 0 Å². The lowest BCUT2D eigenvalue weighted by molar-refractivity contribution is 0.234. The normalized spacial score (nSPS) is 13.0. The molecule has 2 aromatic heterocycles. The molecule has 3 nitrogen and oxygen atoms in total. The molecular formula is C13H10N2O. The van der Waals surface area contributed by atoms with Crippen molar-refractivity contribution in [2.75, 3.05) is 0 Å². The number of hydrogen-bond donors (Lipinski definition) is 0. The van der Waals surface area contributed by atoms with Crippen molar-refractivity contribution in [1.82, 2.24) is 9.97 Å². The zero-order valence-corrected chi connectivity index (χ0v) is 8.63. The van der Waals surface area contributed by atoms with E-state index in [0.29, 0.717) is 6.61 Å². The fourth-order valence-electron chi connectivity index (χ4n) is 1.82. The van der Waals surface area contributed by atoms with E-state index in [1.54, 1.807) is 18.7 Å². The average molecular weight is 210 g/mol. The second-order valence-electron chi connectivity index (χ2n) is 3.58. The van der Waals surface area contributed by atoms with Gasteiger partial charge in [-0.1, -0.05) is 0 Å². The molecule has 0 N–H and O–H groups in total. The fourth-order valence-corrected chi connectivity index (χ4v) is 1.82. The van der Waals surface area contributed by atoms with Crippen LogP contribution in [0.2, 0.25) is 0 Å². The molecule has 3 heteroatoms. The van der Waals surface area contributed by atoms with Gasteiger partial charge in [-0.05, 0) is 24.3 Å². The van der Waals surface area contributed by atoms with Gasteiger partial charge in [-0.25, -0.2) is 0 Å². The van der Waals surface area contributed by atoms with E-state index < -0.39 is 0 Å². The topological polar surface area (TPSA) is 35.0 Å². The maximum atomic E-state index is 5.27. The molecule has 78 valence electrons. The largest absolute Gasteiger partial charge is 0.496 e. The van der Waals surface area contributed by atoms with Crippen molar-refractivity contribution in [3.8, 4) is 11.3 Å². The smallest absolute Gasteiger partial charge is 0.113 e. The summed E-state index contributed by atoms with van der Waals surface area (Å²) in [5.74, 6) is 0. The summed E-state index contributed by atoms with van der Waals surface area (Å²) >= 11 is 0. The summed E-state index contributed by atoms with van der Waals surface area (Å²) in [4.78, 5) is 8.44. The Kier molecular flexibility index (Phi) is 2.14. The van der Waals surface area contributed by atoms with Crippen LogP contribution in [0.1, 0.15) is 11.1 Å². The molecule has 0 unspecified atom stereocenters. The van der Waals surface area contributed by atoms with E-state index in [1.165, 1.54) is 5.56 Å². The minimum Gasteiger partial charge on any atom is -0.496 e. The summed E-state index contributed by atoms with van der Waals surface area (Å²) in [5, 5.41) is 0. The standard InChI is InChI=1S/C13H10N2O/c1-5-14-6-2-10(1)13-12-4-8-16-9-11(12)3-7-15-13/h1-8H,9H2. The van der Waals surface area contributed by atoms with E-state index in [0.717, 1.165) is 16.8 Å². The van der Waals surface area contributed by atoms with Gasteiger partial charge in [-0.3, -0.25) is 9.97 Å². The van der Waals surface area contributed by atoms with Gasteiger partial charge in [-0.15, -0.1) is 0 Å². The number of fused-ring (bicyclic) bond motifs is 1. The number of aromatic nitrogens is 2. The molecule has 0 saturated carbocycles. The lowest BCUT2D eigenvalue weighted by Crippen LogP contribution is -2.00. The quantitative estimate of drug-likeness (QED) is 0.725. The highest BCUT2D eigenvalue weighted by molar-refractivity contribution is 5.73. The van der Waals surface area contributed by atoms with Crippen LogP contribution in [-0.4, -0.2) is 9.97 Å². The van der Waals surface area contributed by atoms with Crippen LogP contribution in [0.3, 0.4) is 0 Å². The molecule has 1 aliphatic rings. The van der Waals surface area contributed by atoms with E-state index in [4.69, 9.17) is 4.74 Å². The molecule has 0 radical (unpaired) electrons. The van der Waals surface area contributed by atoms with Crippen LogP contribution in [0, 0.1) is 0 Å². The van der Waals surface area contributed by atoms with Gasteiger partial charge in [0, 0.05) is 35.3 Å². The van der Waals surface area contributed by atoms with Crippen LogP contribution >= 0.6 is 0 Å². The third kappa shape index (κ3) is 1.46. The predicted molar refractivity (Wildman–Crippen MR) is 61.3 cm³/mol. The highest BCUT2D eigenvalue weighted by atomic mass is 16.5. The van der Waals surface area contributed by atoms with Crippen LogP contribution in [0.25, 0.3) is 17.3 Å². The van der Waals surface area contributed by atoms with Gasteiger partial charge in [0.2, 0.25) is 0 Å². The Morgan fingerprint density at radius 2 is 1.94 bits per heavy atom. The summed E-state index contributed by atoms with van der Waals surface area (Å²) in [6.07, 6.45) is 9.05. The third-order valence-electron chi connectivity index (χ3n) is 2.60. The summed E-state index contributed by atoms with van der Waals surface area (Å²) < 4.78 is 5.27. The zero-order chi connectivity index (χ0) is 10.8. The van der Waals surface area contributed by atoms with Crippen molar-refractivity contribution in [3.63, 3.8) is 0 Å². The van der Waals surface area contributed by atoms with Crippen molar-refractivity contribution in [3.05, 3.63) is 54.2 Å². The second kappa shape index (κ2) is 3.77. The molecule has 3 heterocycles. The highest BCUT2D eigenvalue weighted by Gasteiger charge is 2.11. The molecule has 16 heavy (non-hydrogen) atoms. The Morgan fingerprint density at radius 3 is 2.81 bits per heavy atom. The van der Waals surface area contributed by atoms with Gasteiger partial charge >= 0.3 is 0 Å². The first-order valence-corrected chi connectivity index (χ1v) is 5.11. The molecule has 0 saturated heterocycles. The Bertz CT molecular complexity index is 535. The van der Waals surface area contributed by atoms with E-state index in [1.807, 2.05) is 30.5 Å². The maximum Gasteiger partial charge on any atom is 0.113 e. The van der Waals surface area contributed by atoms with Crippen molar-refractivity contribution in [2.45, 2.75) is 6.61 Å². The summed E-state index contributed by atoms with van der Waals surface area (Å²) in [6.45, 7) is 0.617. The summed E-state index contributed by atoms with van der Waals surface area (Å²) in [5.41, 5.74) is 4.38. The third-order valence-corrected chi connectivity index (χ3v) is 2.60. The molecule has 1 aliphatic heterocycles. The lowest BCUT2D eigenvalue weighted by atomic mass is 10.0. The van der Waals surface area contributed by atoms with Crippen LogP contribution < -0.4 is 0 Å². The minimum atomic E-state index is 0.617. The van der Waals surface area contributed by atoms with Crippen LogP contribution in [0.5, 0.6) is 0 Å². The molecule has 0 aromatic carbocycles. The number of ether oxygens (including phenoxy) is 1. The maximum absolute atomic E-state index is 5.27. The molecule has 0 spiro atoms. The van der Waals surface area contributed by atoms with Gasteiger partial charge in [0.25, 0.3) is 0 Å². The molecule has 0 aliphatic carbocycles. The Balaban J connectivity index is 2.20. The Labute approximate surface area is 93.4 Å². The minimum absolute atomic E-state index is 0.617. The van der Waals surface area contributed by atoms with Gasteiger partial charge in [0.1, 0.15) is 6.61 Å².